The van der Waals surface area contributed by atoms with Crippen LogP contribution in [-0.4, -0.2) is 32.9 Å². The van der Waals surface area contributed by atoms with Gasteiger partial charge in [0.1, 0.15) is 0 Å². The van der Waals surface area contributed by atoms with E-state index in [2.05, 4.69) is 29.9 Å². The first-order chi connectivity index (χ1) is 9.15. The summed E-state index contributed by atoms with van der Waals surface area (Å²) in [7, 11) is 0. The van der Waals surface area contributed by atoms with E-state index in [9.17, 15) is 0 Å². The van der Waals surface area contributed by atoms with Crippen LogP contribution in [0.25, 0.3) is 5.65 Å². The number of nitrogen functional groups attached to an aromatic ring is 1. The Bertz CT molecular complexity index is 573. The van der Waals surface area contributed by atoms with Crippen molar-refractivity contribution in [1.29, 1.82) is 0 Å². The number of nitrogens with zero attached hydrogens (tertiary/aromatic N) is 3. The van der Waals surface area contributed by atoms with Crippen LogP contribution in [0.4, 0.5) is 5.69 Å². The normalized spacial score (nSPS) is 20.7. The molecule has 3 rings (SSSR count). The molecule has 19 heavy (non-hydrogen) atoms. The van der Waals surface area contributed by atoms with Gasteiger partial charge in [0.25, 0.3) is 0 Å². The summed E-state index contributed by atoms with van der Waals surface area (Å²) in [5, 5.41) is 0. The molecule has 0 amide bonds. The summed E-state index contributed by atoms with van der Waals surface area (Å²) in [6.45, 7) is 5.78. The molecule has 1 unspecified atom stereocenters. The number of imidazole rings is 1. The van der Waals surface area contributed by atoms with Gasteiger partial charge in [-0.15, -0.1) is 0 Å². The van der Waals surface area contributed by atoms with Crippen LogP contribution >= 0.6 is 0 Å². The summed E-state index contributed by atoms with van der Waals surface area (Å²) in [5.41, 5.74) is 8.74. The van der Waals surface area contributed by atoms with Crippen molar-refractivity contribution in [3.8, 4) is 0 Å². The second-order valence-electron chi connectivity index (χ2n) is 5.76. The molecular weight excluding hydrogens is 236 g/mol. The zero-order chi connectivity index (χ0) is 13.4. The van der Waals surface area contributed by atoms with Gasteiger partial charge in [-0.1, -0.05) is 0 Å². The highest BCUT2D eigenvalue weighted by Crippen LogP contribution is 2.23. The van der Waals surface area contributed by atoms with Gasteiger partial charge < -0.3 is 10.1 Å². The molecule has 1 fully saturated rings. The zero-order valence-electron chi connectivity index (χ0n) is 11.7. The lowest BCUT2D eigenvalue weighted by Crippen LogP contribution is -2.36. The van der Waals surface area contributed by atoms with Crippen molar-refractivity contribution in [2.45, 2.75) is 45.2 Å². The molecule has 102 valence electrons. The van der Waals surface area contributed by atoms with Gasteiger partial charge in [0.15, 0.2) is 5.65 Å². The number of likely N-dealkylation sites (tertiary alicyclic amines) is 1. The van der Waals surface area contributed by atoms with Crippen molar-refractivity contribution in [2.24, 2.45) is 0 Å². The predicted molar refractivity (Wildman–Crippen MR) is 78.2 cm³/mol. The molecular formula is C15H22N4. The molecule has 0 aliphatic carbocycles. The van der Waals surface area contributed by atoms with Crippen molar-refractivity contribution in [3.05, 3.63) is 30.2 Å². The number of pyridine rings is 1. The van der Waals surface area contributed by atoms with Gasteiger partial charge in [-0.2, -0.15) is 0 Å². The Labute approximate surface area is 114 Å². The van der Waals surface area contributed by atoms with Gasteiger partial charge in [-0.3, -0.25) is 4.90 Å². The number of aromatic nitrogens is 2. The number of fused-ring (bicyclic) bond motifs is 1. The maximum atomic E-state index is 5.96. The number of hydrogen-bond donors (Lipinski definition) is 1. The molecule has 2 aromatic rings. The summed E-state index contributed by atoms with van der Waals surface area (Å²) >= 11 is 0. The molecule has 0 radical (unpaired) electrons. The van der Waals surface area contributed by atoms with Crippen molar-refractivity contribution < 1.29 is 0 Å². The summed E-state index contributed by atoms with van der Waals surface area (Å²) in [5.74, 6) is 0. The third-order valence-electron chi connectivity index (χ3n) is 4.09. The molecule has 0 spiro atoms. The second kappa shape index (κ2) is 4.85. The Morgan fingerprint density at radius 2 is 2.32 bits per heavy atom. The predicted octanol–water partition coefficient (Wildman–Crippen LogP) is 2.33. The molecule has 0 aromatic carbocycles. The van der Waals surface area contributed by atoms with Crippen LogP contribution in [0.1, 0.15) is 32.4 Å². The fourth-order valence-corrected chi connectivity index (χ4v) is 3.18. The van der Waals surface area contributed by atoms with Gasteiger partial charge >= 0.3 is 0 Å². The van der Waals surface area contributed by atoms with E-state index in [1.165, 1.54) is 19.4 Å². The molecule has 4 nitrogen and oxygen atoms in total. The molecule has 1 saturated heterocycles. The van der Waals surface area contributed by atoms with Crippen molar-refractivity contribution >= 4 is 11.3 Å². The standard InChI is InChI=1S/C15H22N4/c1-11(2)19-8-3-5-13(19)9-12-10-18-7-4-6-14(16)15(18)17-12/h4,6-7,10-11,13H,3,5,8-9,16H2,1-2H3. The summed E-state index contributed by atoms with van der Waals surface area (Å²) in [6.07, 6.45) is 7.73. The average molecular weight is 258 g/mol. The minimum atomic E-state index is 0.620. The first-order valence-corrected chi connectivity index (χ1v) is 7.13. The second-order valence-corrected chi connectivity index (χ2v) is 5.76. The van der Waals surface area contributed by atoms with Crippen LogP contribution in [0.15, 0.2) is 24.5 Å². The Balaban J connectivity index is 1.83. The summed E-state index contributed by atoms with van der Waals surface area (Å²) < 4.78 is 2.03. The Hall–Kier alpha value is -1.55. The lowest BCUT2D eigenvalue weighted by molar-refractivity contribution is 0.202. The third kappa shape index (κ3) is 2.32. The van der Waals surface area contributed by atoms with Crippen LogP contribution in [-0.2, 0) is 6.42 Å². The fourth-order valence-electron chi connectivity index (χ4n) is 3.18. The highest BCUT2D eigenvalue weighted by Gasteiger charge is 2.27. The Morgan fingerprint density at radius 1 is 1.47 bits per heavy atom. The van der Waals surface area contributed by atoms with Gasteiger partial charge in [-0.25, -0.2) is 4.98 Å². The van der Waals surface area contributed by atoms with Crippen molar-refractivity contribution in [1.82, 2.24) is 14.3 Å². The van der Waals surface area contributed by atoms with Gasteiger partial charge in [0, 0.05) is 30.9 Å². The van der Waals surface area contributed by atoms with Crippen LogP contribution in [0.3, 0.4) is 0 Å². The maximum absolute atomic E-state index is 5.96. The van der Waals surface area contributed by atoms with E-state index in [0.717, 1.165) is 23.4 Å². The largest absolute Gasteiger partial charge is 0.396 e. The van der Waals surface area contributed by atoms with Crippen LogP contribution in [0, 0.1) is 0 Å². The number of hydrogen-bond acceptors (Lipinski definition) is 3. The first kappa shape index (κ1) is 12.5. The number of nitrogens with two attached hydrogens (primary N) is 1. The van der Waals surface area contributed by atoms with Gasteiger partial charge in [-0.05, 0) is 45.4 Å². The summed E-state index contributed by atoms with van der Waals surface area (Å²) in [4.78, 5) is 7.27. The van der Waals surface area contributed by atoms with E-state index >= 15 is 0 Å². The Morgan fingerprint density at radius 3 is 3.05 bits per heavy atom. The van der Waals surface area contributed by atoms with E-state index in [4.69, 9.17) is 5.73 Å². The van der Waals surface area contributed by atoms with Crippen molar-refractivity contribution in [3.63, 3.8) is 0 Å². The molecule has 2 aromatic heterocycles. The topological polar surface area (TPSA) is 46.6 Å². The highest BCUT2D eigenvalue weighted by atomic mass is 15.2. The van der Waals surface area contributed by atoms with E-state index in [1.807, 2.05) is 22.7 Å². The molecule has 0 saturated carbocycles. The molecule has 4 heteroatoms. The third-order valence-corrected chi connectivity index (χ3v) is 4.09. The minimum Gasteiger partial charge on any atom is -0.396 e. The number of anilines is 1. The van der Waals surface area contributed by atoms with Crippen LogP contribution in [0.2, 0.25) is 0 Å². The SMILES string of the molecule is CC(C)N1CCCC1Cc1cn2cccc(N)c2n1. The highest BCUT2D eigenvalue weighted by molar-refractivity contribution is 5.64. The lowest BCUT2D eigenvalue weighted by atomic mass is 10.1. The van der Waals surface area contributed by atoms with E-state index in [1.54, 1.807) is 0 Å². The van der Waals surface area contributed by atoms with E-state index in [0.29, 0.717) is 12.1 Å². The van der Waals surface area contributed by atoms with E-state index < -0.39 is 0 Å². The summed E-state index contributed by atoms with van der Waals surface area (Å²) in [6, 6.07) is 5.12. The zero-order valence-corrected chi connectivity index (χ0v) is 11.7. The minimum absolute atomic E-state index is 0.620. The molecule has 0 bridgehead atoms. The van der Waals surface area contributed by atoms with Crippen LogP contribution < -0.4 is 5.73 Å². The quantitative estimate of drug-likeness (QED) is 0.919. The van der Waals surface area contributed by atoms with E-state index in [-0.39, 0.29) is 0 Å². The lowest BCUT2D eigenvalue weighted by Gasteiger charge is -2.27. The Kier molecular flexibility index (Phi) is 3.19. The molecule has 2 N–H and O–H groups in total. The molecule has 1 atom stereocenters. The maximum Gasteiger partial charge on any atom is 0.160 e. The fraction of sp³-hybridized carbons (Fsp3) is 0.533. The van der Waals surface area contributed by atoms with Gasteiger partial charge in [0.2, 0.25) is 0 Å². The monoisotopic (exact) mass is 258 g/mol. The molecule has 1 aliphatic rings. The first-order valence-electron chi connectivity index (χ1n) is 7.13. The average Bonchev–Trinajstić information content (AvgIpc) is 2.96. The molecule has 3 heterocycles. The molecule has 1 aliphatic heterocycles. The van der Waals surface area contributed by atoms with Crippen LogP contribution in [0.5, 0.6) is 0 Å². The van der Waals surface area contributed by atoms with Gasteiger partial charge in [0.05, 0.1) is 11.4 Å². The number of rotatable bonds is 3. The van der Waals surface area contributed by atoms with Crippen molar-refractivity contribution in [2.75, 3.05) is 12.3 Å². The smallest absolute Gasteiger partial charge is 0.160 e.